The zero-order chi connectivity index (χ0) is 12.1. The second-order valence-electron chi connectivity index (χ2n) is 2.91. The molecular formula is C11H10BrNO2S. The third-order valence-corrected chi connectivity index (χ3v) is 3.09. The van der Waals surface area contributed by atoms with Gasteiger partial charge in [-0.2, -0.15) is 0 Å². The van der Waals surface area contributed by atoms with E-state index in [0.29, 0.717) is 11.8 Å². The molecule has 0 spiro atoms. The van der Waals surface area contributed by atoms with E-state index in [1.807, 2.05) is 0 Å². The SMILES string of the molecule is CSC(=N)C(=CO)C(=O)c1ccc(Br)cc1. The van der Waals surface area contributed by atoms with Crippen molar-refractivity contribution in [1.29, 1.82) is 5.41 Å². The summed E-state index contributed by atoms with van der Waals surface area (Å²) < 4.78 is 0.874. The molecule has 0 radical (unpaired) electrons. The van der Waals surface area contributed by atoms with Gasteiger partial charge in [0, 0.05) is 10.0 Å². The van der Waals surface area contributed by atoms with Gasteiger partial charge < -0.3 is 5.11 Å². The number of carbonyl (C=O) groups is 1. The molecule has 0 unspecified atom stereocenters. The molecule has 84 valence electrons. The average molecular weight is 300 g/mol. The quantitative estimate of drug-likeness (QED) is 0.296. The lowest BCUT2D eigenvalue weighted by molar-refractivity contribution is 0.103. The maximum Gasteiger partial charge on any atom is 0.198 e. The monoisotopic (exact) mass is 299 g/mol. The van der Waals surface area contributed by atoms with Crippen molar-refractivity contribution in [3.8, 4) is 0 Å². The van der Waals surface area contributed by atoms with Crippen LogP contribution in [0.2, 0.25) is 0 Å². The van der Waals surface area contributed by atoms with E-state index in [1.54, 1.807) is 30.5 Å². The summed E-state index contributed by atoms with van der Waals surface area (Å²) in [6.07, 6.45) is 2.36. The van der Waals surface area contributed by atoms with Crippen LogP contribution in [0.1, 0.15) is 10.4 Å². The summed E-state index contributed by atoms with van der Waals surface area (Å²) in [6, 6.07) is 6.77. The largest absolute Gasteiger partial charge is 0.515 e. The van der Waals surface area contributed by atoms with Gasteiger partial charge in [0.05, 0.1) is 11.8 Å². The fraction of sp³-hybridized carbons (Fsp3) is 0.0909. The molecule has 2 N–H and O–H groups in total. The molecule has 0 aliphatic rings. The van der Waals surface area contributed by atoms with E-state index >= 15 is 0 Å². The molecule has 0 aliphatic heterocycles. The van der Waals surface area contributed by atoms with Crippen LogP contribution in [0.4, 0.5) is 0 Å². The Balaban J connectivity index is 3.01. The van der Waals surface area contributed by atoms with E-state index in [9.17, 15) is 4.79 Å². The second kappa shape index (κ2) is 5.86. The maximum absolute atomic E-state index is 11.9. The molecule has 0 atom stereocenters. The highest BCUT2D eigenvalue weighted by atomic mass is 79.9. The van der Waals surface area contributed by atoms with Crippen molar-refractivity contribution in [2.75, 3.05) is 6.26 Å². The van der Waals surface area contributed by atoms with Crippen LogP contribution in [0.3, 0.4) is 0 Å². The van der Waals surface area contributed by atoms with Gasteiger partial charge in [-0.25, -0.2) is 0 Å². The zero-order valence-electron chi connectivity index (χ0n) is 8.53. The van der Waals surface area contributed by atoms with Crippen LogP contribution in [0, 0.1) is 5.41 Å². The predicted molar refractivity (Wildman–Crippen MR) is 70.4 cm³/mol. The van der Waals surface area contributed by atoms with Crippen molar-refractivity contribution in [2.45, 2.75) is 0 Å². The van der Waals surface area contributed by atoms with Crippen LogP contribution in [0.5, 0.6) is 0 Å². The minimum Gasteiger partial charge on any atom is -0.515 e. The van der Waals surface area contributed by atoms with Gasteiger partial charge in [-0.05, 0) is 30.5 Å². The second-order valence-corrected chi connectivity index (χ2v) is 4.64. The number of aliphatic hydroxyl groups is 1. The van der Waals surface area contributed by atoms with Crippen molar-refractivity contribution in [1.82, 2.24) is 0 Å². The highest BCUT2D eigenvalue weighted by molar-refractivity contribution is 9.10. The summed E-state index contributed by atoms with van der Waals surface area (Å²) in [6.45, 7) is 0. The molecule has 16 heavy (non-hydrogen) atoms. The molecule has 0 bridgehead atoms. The summed E-state index contributed by atoms with van der Waals surface area (Å²) in [5, 5.41) is 16.5. The first-order valence-electron chi connectivity index (χ1n) is 4.37. The first-order valence-corrected chi connectivity index (χ1v) is 6.39. The molecule has 5 heteroatoms. The van der Waals surface area contributed by atoms with E-state index < -0.39 is 0 Å². The standard InChI is InChI=1S/C11H10BrNO2S/c1-16-11(13)9(6-14)10(15)7-2-4-8(12)5-3-7/h2-6,13-14H,1H3. The van der Waals surface area contributed by atoms with Crippen molar-refractivity contribution in [2.24, 2.45) is 0 Å². The van der Waals surface area contributed by atoms with E-state index in [1.165, 1.54) is 0 Å². The van der Waals surface area contributed by atoms with Crippen LogP contribution in [0.15, 0.2) is 40.6 Å². The third-order valence-electron chi connectivity index (χ3n) is 1.93. The Kier molecular flexibility index (Phi) is 4.76. The summed E-state index contributed by atoms with van der Waals surface area (Å²) in [5.41, 5.74) is 0.456. The highest BCUT2D eigenvalue weighted by Gasteiger charge is 2.16. The maximum atomic E-state index is 11.9. The number of carbonyl (C=O) groups excluding carboxylic acids is 1. The Morgan fingerprint density at radius 1 is 1.44 bits per heavy atom. The normalized spacial score (nSPS) is 11.2. The Bertz CT molecular complexity index is 440. The molecule has 0 saturated carbocycles. The first kappa shape index (κ1) is 13.0. The Morgan fingerprint density at radius 2 is 2.00 bits per heavy atom. The number of nitrogens with one attached hydrogen (secondary N) is 1. The number of hydrogen-bond donors (Lipinski definition) is 2. The average Bonchev–Trinajstić information content (AvgIpc) is 2.30. The lowest BCUT2D eigenvalue weighted by atomic mass is 10.1. The van der Waals surface area contributed by atoms with Crippen LogP contribution < -0.4 is 0 Å². The van der Waals surface area contributed by atoms with Crippen LogP contribution in [-0.4, -0.2) is 22.2 Å². The molecule has 1 aromatic carbocycles. The van der Waals surface area contributed by atoms with Gasteiger partial charge in [-0.3, -0.25) is 10.2 Å². The van der Waals surface area contributed by atoms with Crippen LogP contribution in [-0.2, 0) is 0 Å². The lowest BCUT2D eigenvalue weighted by Crippen LogP contribution is -2.10. The van der Waals surface area contributed by atoms with E-state index in [2.05, 4.69) is 15.9 Å². The number of hydrogen-bond acceptors (Lipinski definition) is 4. The van der Waals surface area contributed by atoms with Crippen LogP contribution in [0.25, 0.3) is 0 Å². The minimum absolute atomic E-state index is 0.00909. The molecule has 0 aliphatic carbocycles. The molecule has 0 saturated heterocycles. The number of rotatable bonds is 3. The zero-order valence-corrected chi connectivity index (χ0v) is 10.9. The smallest absolute Gasteiger partial charge is 0.198 e. The summed E-state index contributed by atoms with van der Waals surface area (Å²) in [7, 11) is 0. The number of thioether (sulfide) groups is 1. The van der Waals surface area contributed by atoms with Crippen molar-refractivity contribution >= 4 is 38.5 Å². The molecule has 0 amide bonds. The number of benzene rings is 1. The molecular weight excluding hydrogens is 290 g/mol. The van der Waals surface area contributed by atoms with E-state index in [4.69, 9.17) is 10.5 Å². The summed E-state index contributed by atoms with van der Waals surface area (Å²) in [4.78, 5) is 11.9. The fourth-order valence-corrected chi connectivity index (χ4v) is 1.72. The van der Waals surface area contributed by atoms with E-state index in [0.717, 1.165) is 16.2 Å². The third kappa shape index (κ3) is 2.96. The van der Waals surface area contributed by atoms with Crippen LogP contribution >= 0.6 is 27.7 Å². The number of halogens is 1. The van der Waals surface area contributed by atoms with Gasteiger partial charge in [-0.1, -0.05) is 15.9 Å². The minimum atomic E-state index is -0.352. The fourth-order valence-electron chi connectivity index (χ4n) is 1.09. The van der Waals surface area contributed by atoms with Crippen molar-refractivity contribution in [3.05, 3.63) is 46.1 Å². The summed E-state index contributed by atoms with van der Waals surface area (Å²) in [5.74, 6) is -0.352. The number of Topliss-reactive ketones (excluding diaryl/α,β-unsaturated/α-hetero) is 1. The molecule has 0 fully saturated rings. The molecule has 1 rings (SSSR count). The Morgan fingerprint density at radius 3 is 2.44 bits per heavy atom. The van der Waals surface area contributed by atoms with Gasteiger partial charge in [-0.15, -0.1) is 11.8 Å². The van der Waals surface area contributed by atoms with Gasteiger partial charge in [0.2, 0.25) is 0 Å². The van der Waals surface area contributed by atoms with Crippen molar-refractivity contribution in [3.63, 3.8) is 0 Å². The van der Waals surface area contributed by atoms with Gasteiger partial charge in [0.15, 0.2) is 5.78 Å². The first-order chi connectivity index (χ1) is 7.60. The Hall–Kier alpha value is -1.07. The molecule has 3 nitrogen and oxygen atoms in total. The van der Waals surface area contributed by atoms with Crippen molar-refractivity contribution < 1.29 is 9.90 Å². The molecule has 1 aromatic rings. The highest BCUT2D eigenvalue weighted by Crippen LogP contribution is 2.16. The number of aliphatic hydroxyl groups excluding tert-OH is 1. The lowest BCUT2D eigenvalue weighted by Gasteiger charge is -2.04. The Labute approximate surface area is 106 Å². The summed E-state index contributed by atoms with van der Waals surface area (Å²) >= 11 is 4.38. The van der Waals surface area contributed by atoms with Gasteiger partial charge >= 0.3 is 0 Å². The van der Waals surface area contributed by atoms with Gasteiger partial charge in [0.25, 0.3) is 0 Å². The number of ketones is 1. The topological polar surface area (TPSA) is 61.1 Å². The van der Waals surface area contributed by atoms with E-state index in [-0.39, 0.29) is 16.4 Å². The molecule has 0 aromatic heterocycles. The predicted octanol–water partition coefficient (Wildman–Crippen LogP) is 3.41. The van der Waals surface area contributed by atoms with Gasteiger partial charge in [0.1, 0.15) is 5.04 Å². The molecule has 0 heterocycles.